The van der Waals surface area contributed by atoms with Crippen LogP contribution in [0.25, 0.3) is 0 Å². The van der Waals surface area contributed by atoms with Crippen LogP contribution in [-0.2, 0) is 11.2 Å². The lowest BCUT2D eigenvalue weighted by atomic mass is 10.4. The highest BCUT2D eigenvalue weighted by atomic mass is 32.2. The molecule has 0 bridgehead atoms. The molecular weight excluding hydrogens is 274 g/mol. The Labute approximate surface area is 110 Å². The molecule has 0 fully saturated rings. The van der Waals surface area contributed by atoms with E-state index in [-0.39, 0.29) is 5.69 Å². The molecule has 0 saturated carbocycles. The molecule has 0 aliphatic carbocycles. The van der Waals surface area contributed by atoms with Crippen molar-refractivity contribution in [1.82, 2.24) is 15.4 Å². The van der Waals surface area contributed by atoms with E-state index in [1.807, 2.05) is 0 Å². The number of rotatable bonds is 4. The number of carboxylic acids is 1. The zero-order valence-electron chi connectivity index (χ0n) is 9.28. The molecule has 18 heavy (non-hydrogen) atoms. The molecular formula is C10H9N3O3S2. The summed E-state index contributed by atoms with van der Waals surface area (Å²) in [6.45, 7) is 0. The smallest absolute Gasteiger partial charge is 0.359 e. The molecule has 0 spiro atoms. The monoisotopic (exact) mass is 283 g/mol. The van der Waals surface area contributed by atoms with Gasteiger partial charge in [0.25, 0.3) is 0 Å². The van der Waals surface area contributed by atoms with Crippen molar-refractivity contribution >= 4 is 28.9 Å². The molecule has 0 amide bonds. The topological polar surface area (TPSA) is 102 Å². The van der Waals surface area contributed by atoms with Gasteiger partial charge in [0.1, 0.15) is 11.3 Å². The van der Waals surface area contributed by atoms with Crippen LogP contribution >= 0.6 is 11.8 Å². The fourth-order valence-corrected chi connectivity index (χ4v) is 2.59. The number of nitrogens with one attached hydrogen (secondary N) is 1. The van der Waals surface area contributed by atoms with Crippen LogP contribution in [0.3, 0.4) is 0 Å². The van der Waals surface area contributed by atoms with Crippen molar-refractivity contribution in [3.05, 3.63) is 30.0 Å². The lowest BCUT2D eigenvalue weighted by molar-refractivity contribution is 0.0686. The first-order chi connectivity index (χ1) is 8.58. The first-order valence-corrected chi connectivity index (χ1v) is 7.21. The largest absolute Gasteiger partial charge is 0.612 e. The van der Waals surface area contributed by atoms with Gasteiger partial charge in [-0.3, -0.25) is 5.10 Å². The normalized spacial score (nSPS) is 12.3. The number of benzene rings is 1. The molecule has 2 N–H and O–H groups in total. The third-order valence-corrected chi connectivity index (χ3v) is 4.03. The predicted molar refractivity (Wildman–Crippen MR) is 66.2 cm³/mol. The Hall–Kier alpha value is -1.51. The molecule has 0 saturated heterocycles. The van der Waals surface area contributed by atoms with Gasteiger partial charge in [0.2, 0.25) is 5.69 Å². The summed E-state index contributed by atoms with van der Waals surface area (Å²) in [6, 6.07) is 7.02. The minimum Gasteiger partial charge on any atom is -0.612 e. The van der Waals surface area contributed by atoms with E-state index < -0.39 is 17.1 Å². The van der Waals surface area contributed by atoms with Crippen molar-refractivity contribution in [3.63, 3.8) is 0 Å². The average Bonchev–Trinajstić information content (AvgIpc) is 2.78. The Balaban J connectivity index is 2.18. The number of hydrogen-bond acceptors (Lipinski definition) is 5. The number of hydrogen-bond donors (Lipinski definition) is 2. The lowest BCUT2D eigenvalue weighted by Crippen LogP contribution is -1.98. The summed E-state index contributed by atoms with van der Waals surface area (Å²) in [4.78, 5) is 12.4. The highest BCUT2D eigenvalue weighted by molar-refractivity contribution is 7.99. The number of carbonyl (C=O) groups is 1. The van der Waals surface area contributed by atoms with Crippen molar-refractivity contribution < 1.29 is 14.5 Å². The molecule has 1 unspecified atom stereocenters. The predicted octanol–water partition coefficient (Wildman–Crippen LogP) is 1.39. The summed E-state index contributed by atoms with van der Waals surface area (Å²) in [6.07, 6.45) is 1.60. The van der Waals surface area contributed by atoms with Crippen LogP contribution in [0.5, 0.6) is 0 Å². The van der Waals surface area contributed by atoms with E-state index >= 15 is 0 Å². The molecule has 1 aromatic carbocycles. The Morgan fingerprint density at radius 3 is 2.67 bits per heavy atom. The molecule has 2 rings (SSSR count). The van der Waals surface area contributed by atoms with E-state index in [2.05, 4.69) is 15.4 Å². The van der Waals surface area contributed by atoms with E-state index in [0.29, 0.717) is 5.03 Å². The molecule has 8 heteroatoms. The first-order valence-electron chi connectivity index (χ1n) is 4.83. The summed E-state index contributed by atoms with van der Waals surface area (Å²) in [5.74, 6) is -1.13. The number of aromatic carboxylic acids is 1. The van der Waals surface area contributed by atoms with Gasteiger partial charge < -0.3 is 9.66 Å². The average molecular weight is 283 g/mol. The molecule has 6 nitrogen and oxygen atoms in total. The lowest BCUT2D eigenvalue weighted by Gasteiger charge is -2.04. The summed E-state index contributed by atoms with van der Waals surface area (Å²) in [7, 11) is 0. The SMILES string of the molecule is C[S+]([O-])c1ccc(Sc2[nH]nnc2C(=O)O)cc1. The second-order valence-electron chi connectivity index (χ2n) is 3.32. The Morgan fingerprint density at radius 1 is 1.44 bits per heavy atom. The van der Waals surface area contributed by atoms with Gasteiger partial charge in [-0.05, 0) is 35.4 Å². The van der Waals surface area contributed by atoms with Gasteiger partial charge >= 0.3 is 5.97 Å². The summed E-state index contributed by atoms with van der Waals surface area (Å²) < 4.78 is 11.2. The third-order valence-electron chi connectivity index (χ3n) is 2.09. The number of carboxylic acid groups (broad SMARTS) is 1. The van der Waals surface area contributed by atoms with Crippen LogP contribution in [0.1, 0.15) is 10.5 Å². The molecule has 0 radical (unpaired) electrons. The molecule has 1 heterocycles. The number of H-pyrrole nitrogens is 1. The second kappa shape index (κ2) is 5.42. The minimum absolute atomic E-state index is 0.108. The maximum absolute atomic E-state index is 11.2. The van der Waals surface area contributed by atoms with Gasteiger partial charge in [0.15, 0.2) is 4.90 Å². The highest BCUT2D eigenvalue weighted by Crippen LogP contribution is 2.28. The summed E-state index contributed by atoms with van der Waals surface area (Å²) >= 11 is 0.186. The van der Waals surface area contributed by atoms with Gasteiger partial charge in [0, 0.05) is 4.90 Å². The maximum Gasteiger partial charge on any atom is 0.359 e. The van der Waals surface area contributed by atoms with Gasteiger partial charge in [-0.1, -0.05) is 17.0 Å². The molecule has 1 atom stereocenters. The van der Waals surface area contributed by atoms with Gasteiger partial charge in [-0.15, -0.1) is 5.10 Å². The zero-order valence-corrected chi connectivity index (χ0v) is 10.9. The van der Waals surface area contributed by atoms with Crippen molar-refractivity contribution in [3.8, 4) is 0 Å². The van der Waals surface area contributed by atoms with Crippen molar-refractivity contribution in [1.29, 1.82) is 0 Å². The fourth-order valence-electron chi connectivity index (χ4n) is 1.25. The van der Waals surface area contributed by atoms with Crippen LogP contribution in [0.15, 0.2) is 39.1 Å². The fraction of sp³-hybridized carbons (Fsp3) is 0.100. The maximum atomic E-state index is 11.2. The standard InChI is InChI=1S/C10H9N3O3S2/c1-18(16)7-4-2-6(3-5-7)17-9-8(10(14)15)11-13-12-9/h2-5H,1H3,(H,14,15)(H,11,12,13). The molecule has 94 valence electrons. The Bertz CT molecular complexity index is 554. The van der Waals surface area contributed by atoms with Crippen molar-refractivity contribution in [2.45, 2.75) is 14.8 Å². The third kappa shape index (κ3) is 2.84. The molecule has 0 aliphatic heterocycles. The van der Waals surface area contributed by atoms with E-state index in [0.717, 1.165) is 9.79 Å². The number of nitrogens with zero attached hydrogens (tertiary/aromatic N) is 2. The van der Waals surface area contributed by atoms with Gasteiger partial charge in [0.05, 0.1) is 0 Å². The molecule has 0 aliphatic rings. The van der Waals surface area contributed by atoms with Crippen LogP contribution in [0, 0.1) is 0 Å². The van der Waals surface area contributed by atoms with Gasteiger partial charge in [-0.25, -0.2) is 4.79 Å². The quantitative estimate of drug-likeness (QED) is 0.822. The summed E-state index contributed by atoms with van der Waals surface area (Å²) in [5.41, 5.74) is -0.108. The second-order valence-corrected chi connectivity index (χ2v) is 5.79. The zero-order chi connectivity index (χ0) is 13.1. The Kier molecular flexibility index (Phi) is 3.90. The molecule has 1 aromatic heterocycles. The van der Waals surface area contributed by atoms with Crippen molar-refractivity contribution in [2.24, 2.45) is 0 Å². The van der Waals surface area contributed by atoms with Crippen LogP contribution in [0.2, 0.25) is 0 Å². The van der Waals surface area contributed by atoms with E-state index in [1.165, 1.54) is 11.8 Å². The van der Waals surface area contributed by atoms with E-state index in [9.17, 15) is 9.35 Å². The Morgan fingerprint density at radius 2 is 2.11 bits per heavy atom. The van der Waals surface area contributed by atoms with E-state index in [1.54, 1.807) is 30.5 Å². The van der Waals surface area contributed by atoms with Crippen LogP contribution in [-0.4, -0.2) is 37.3 Å². The highest BCUT2D eigenvalue weighted by Gasteiger charge is 2.15. The molecule has 2 aromatic rings. The first kappa shape index (κ1) is 12.9. The number of aromatic amines is 1. The van der Waals surface area contributed by atoms with Crippen LogP contribution < -0.4 is 0 Å². The van der Waals surface area contributed by atoms with E-state index in [4.69, 9.17) is 5.11 Å². The van der Waals surface area contributed by atoms with Crippen molar-refractivity contribution in [2.75, 3.05) is 6.26 Å². The summed E-state index contributed by atoms with van der Waals surface area (Å²) in [5, 5.41) is 18.7. The van der Waals surface area contributed by atoms with Gasteiger partial charge in [-0.2, -0.15) is 0 Å². The minimum atomic E-state index is -1.13. The van der Waals surface area contributed by atoms with Crippen LogP contribution in [0.4, 0.5) is 0 Å². The number of aromatic nitrogens is 3.